The highest BCUT2D eigenvalue weighted by molar-refractivity contribution is 5.96. The van der Waals surface area contributed by atoms with Crippen molar-refractivity contribution in [3.05, 3.63) is 52.8 Å². The van der Waals surface area contributed by atoms with Gasteiger partial charge in [0.2, 0.25) is 5.91 Å². The summed E-state index contributed by atoms with van der Waals surface area (Å²) in [6.45, 7) is 9.53. The highest BCUT2D eigenvalue weighted by Crippen LogP contribution is 2.42. The van der Waals surface area contributed by atoms with Crippen LogP contribution in [0.2, 0.25) is 0 Å². The Labute approximate surface area is 190 Å². The zero-order valence-electron chi connectivity index (χ0n) is 18.7. The van der Waals surface area contributed by atoms with E-state index >= 15 is 0 Å². The molecule has 2 atom stereocenters. The average Bonchev–Trinajstić information content (AvgIpc) is 3.35. The Morgan fingerprint density at radius 1 is 1.23 bits per heavy atom. The third kappa shape index (κ3) is 4.70. The van der Waals surface area contributed by atoms with Gasteiger partial charge in [0.1, 0.15) is 0 Å². The van der Waals surface area contributed by atoms with Gasteiger partial charge >= 0.3 is 0 Å². The van der Waals surface area contributed by atoms with Gasteiger partial charge in [0.15, 0.2) is 5.78 Å². The first-order valence-electron chi connectivity index (χ1n) is 11.0. The number of aryl methyl sites for hydroxylation is 3. The predicted octanol–water partition coefficient (Wildman–Crippen LogP) is 3.20. The third-order valence-electron chi connectivity index (χ3n) is 7.06. The molecule has 1 aromatic heterocycles. The van der Waals surface area contributed by atoms with Crippen LogP contribution in [0.25, 0.3) is 0 Å². The van der Waals surface area contributed by atoms with Crippen molar-refractivity contribution < 1.29 is 9.59 Å². The number of fused-ring (bicyclic) bond motifs is 1. The number of nitrogens with one attached hydrogen (secondary N) is 1. The van der Waals surface area contributed by atoms with Crippen molar-refractivity contribution in [1.82, 2.24) is 20.0 Å². The maximum absolute atomic E-state index is 13.0. The lowest BCUT2D eigenvalue weighted by atomic mass is 9.76. The van der Waals surface area contributed by atoms with Crippen molar-refractivity contribution >= 4 is 24.1 Å². The Balaban J connectivity index is 0.00000272. The van der Waals surface area contributed by atoms with Gasteiger partial charge in [0.05, 0.1) is 11.3 Å². The first-order chi connectivity index (χ1) is 14.4. The number of carbonyl (C=O) groups is 2. The Bertz CT molecular complexity index is 943. The molecule has 0 saturated carbocycles. The minimum atomic E-state index is 0. The van der Waals surface area contributed by atoms with Gasteiger partial charge in [-0.15, -0.1) is 12.4 Å². The normalized spacial score (nSPS) is 22.3. The highest BCUT2D eigenvalue weighted by atomic mass is 35.5. The fraction of sp³-hybridized carbons (Fsp3) is 0.542. The van der Waals surface area contributed by atoms with Crippen molar-refractivity contribution in [2.75, 3.05) is 26.2 Å². The SMILES string of the molecule is CC(=O)c1c(C)nn(CCC(=O)N2CC3CNCC3(CCc3ccccc3)C2)c1C.Cl. The van der Waals surface area contributed by atoms with E-state index in [1.807, 2.05) is 18.5 Å². The number of hydrogen-bond donors (Lipinski definition) is 1. The standard InChI is InChI=1S/C24H32N4O2.ClH/c1-17-23(19(3)29)18(2)28(26-17)12-10-22(30)27-14-21-13-25-15-24(21,16-27)11-9-20-7-5-4-6-8-20;/h4-8,21,25H,9-16H2,1-3H3;1H. The molecule has 1 amide bonds. The highest BCUT2D eigenvalue weighted by Gasteiger charge is 2.50. The monoisotopic (exact) mass is 444 g/mol. The number of ketones is 1. The number of Topliss-reactive ketones (excluding diaryl/α,β-unsaturated/α-hetero) is 1. The van der Waals surface area contributed by atoms with Gasteiger partial charge in [-0.25, -0.2) is 0 Å². The van der Waals surface area contributed by atoms with E-state index in [0.29, 0.717) is 24.4 Å². The van der Waals surface area contributed by atoms with Crippen LogP contribution in [0, 0.1) is 25.2 Å². The molecule has 2 aromatic rings. The zero-order valence-corrected chi connectivity index (χ0v) is 19.5. The molecule has 1 N–H and O–H groups in total. The van der Waals surface area contributed by atoms with Gasteiger partial charge < -0.3 is 10.2 Å². The Morgan fingerprint density at radius 3 is 2.65 bits per heavy atom. The summed E-state index contributed by atoms with van der Waals surface area (Å²) in [4.78, 5) is 26.9. The molecule has 3 heterocycles. The second-order valence-electron chi connectivity index (χ2n) is 9.03. The van der Waals surface area contributed by atoms with Crippen molar-refractivity contribution in [3.8, 4) is 0 Å². The van der Waals surface area contributed by atoms with Gasteiger partial charge in [-0.05, 0) is 45.1 Å². The summed E-state index contributed by atoms with van der Waals surface area (Å²) in [7, 11) is 0. The minimum Gasteiger partial charge on any atom is -0.342 e. The summed E-state index contributed by atoms with van der Waals surface area (Å²) in [6.07, 6.45) is 2.59. The molecule has 6 nitrogen and oxygen atoms in total. The van der Waals surface area contributed by atoms with E-state index in [1.54, 1.807) is 6.92 Å². The zero-order chi connectivity index (χ0) is 21.3. The topological polar surface area (TPSA) is 67.2 Å². The molecule has 2 saturated heterocycles. The maximum Gasteiger partial charge on any atom is 0.224 e. The summed E-state index contributed by atoms with van der Waals surface area (Å²) in [5.41, 5.74) is 3.84. The van der Waals surface area contributed by atoms with E-state index in [1.165, 1.54) is 5.56 Å². The Morgan fingerprint density at radius 2 is 1.97 bits per heavy atom. The van der Waals surface area contributed by atoms with Crippen molar-refractivity contribution in [2.45, 2.75) is 46.6 Å². The molecule has 0 bridgehead atoms. The molecule has 4 rings (SSSR count). The molecule has 2 fully saturated rings. The van der Waals surface area contributed by atoms with Gasteiger partial charge in [0, 0.05) is 50.3 Å². The van der Waals surface area contributed by atoms with Crippen LogP contribution in [-0.2, 0) is 17.8 Å². The van der Waals surface area contributed by atoms with Crippen LogP contribution in [0.15, 0.2) is 30.3 Å². The van der Waals surface area contributed by atoms with Crippen LogP contribution < -0.4 is 5.32 Å². The largest absolute Gasteiger partial charge is 0.342 e. The number of carbonyl (C=O) groups excluding carboxylic acids is 2. The quantitative estimate of drug-likeness (QED) is 0.666. The molecule has 2 unspecified atom stereocenters. The summed E-state index contributed by atoms with van der Waals surface area (Å²) < 4.78 is 1.81. The number of rotatable bonds is 7. The molecule has 7 heteroatoms. The second kappa shape index (κ2) is 9.53. The van der Waals surface area contributed by atoms with Gasteiger partial charge in [-0.2, -0.15) is 5.10 Å². The molecule has 2 aliphatic rings. The molecule has 168 valence electrons. The molecule has 31 heavy (non-hydrogen) atoms. The van der Waals surface area contributed by atoms with Crippen LogP contribution in [0.4, 0.5) is 0 Å². The molecular formula is C24H33ClN4O2. The number of benzene rings is 1. The van der Waals surface area contributed by atoms with Crippen molar-refractivity contribution in [2.24, 2.45) is 11.3 Å². The molecule has 1 aromatic carbocycles. The van der Waals surface area contributed by atoms with E-state index in [0.717, 1.165) is 50.4 Å². The molecule has 0 spiro atoms. The first kappa shape index (κ1) is 23.5. The lowest BCUT2D eigenvalue weighted by molar-refractivity contribution is -0.131. The number of likely N-dealkylation sites (tertiary alicyclic amines) is 1. The lowest BCUT2D eigenvalue weighted by Crippen LogP contribution is -2.36. The number of hydrogen-bond acceptors (Lipinski definition) is 4. The van der Waals surface area contributed by atoms with Crippen molar-refractivity contribution in [3.63, 3.8) is 0 Å². The van der Waals surface area contributed by atoms with Crippen LogP contribution >= 0.6 is 12.4 Å². The molecule has 2 aliphatic heterocycles. The van der Waals surface area contributed by atoms with E-state index in [2.05, 4.69) is 45.6 Å². The van der Waals surface area contributed by atoms with Gasteiger partial charge in [0.25, 0.3) is 0 Å². The summed E-state index contributed by atoms with van der Waals surface area (Å²) in [5.74, 6) is 0.756. The van der Waals surface area contributed by atoms with Crippen LogP contribution in [0.1, 0.15) is 47.1 Å². The summed E-state index contributed by atoms with van der Waals surface area (Å²) >= 11 is 0. The second-order valence-corrected chi connectivity index (χ2v) is 9.03. The third-order valence-corrected chi connectivity index (χ3v) is 7.06. The van der Waals surface area contributed by atoms with Crippen LogP contribution in [0.5, 0.6) is 0 Å². The number of aromatic nitrogens is 2. The lowest BCUT2D eigenvalue weighted by Gasteiger charge is -2.28. The van der Waals surface area contributed by atoms with E-state index < -0.39 is 0 Å². The average molecular weight is 445 g/mol. The van der Waals surface area contributed by atoms with Crippen LogP contribution in [0.3, 0.4) is 0 Å². The number of nitrogens with zero attached hydrogens (tertiary/aromatic N) is 3. The van der Waals surface area contributed by atoms with Gasteiger partial charge in [-0.1, -0.05) is 30.3 Å². The molecule has 0 aliphatic carbocycles. The summed E-state index contributed by atoms with van der Waals surface area (Å²) in [5, 5.41) is 8.04. The molecule has 0 radical (unpaired) electrons. The fourth-order valence-electron chi connectivity index (χ4n) is 5.39. The minimum absolute atomic E-state index is 0. The van der Waals surface area contributed by atoms with E-state index in [4.69, 9.17) is 0 Å². The van der Waals surface area contributed by atoms with Crippen molar-refractivity contribution in [1.29, 1.82) is 0 Å². The van der Waals surface area contributed by atoms with E-state index in [-0.39, 0.29) is 29.5 Å². The number of halogens is 1. The fourth-order valence-corrected chi connectivity index (χ4v) is 5.39. The first-order valence-corrected chi connectivity index (χ1v) is 11.0. The smallest absolute Gasteiger partial charge is 0.224 e. The summed E-state index contributed by atoms with van der Waals surface area (Å²) in [6, 6.07) is 10.6. The predicted molar refractivity (Wildman–Crippen MR) is 124 cm³/mol. The van der Waals surface area contributed by atoms with Gasteiger partial charge in [-0.3, -0.25) is 14.3 Å². The molecular weight excluding hydrogens is 412 g/mol. The van der Waals surface area contributed by atoms with Crippen LogP contribution in [-0.4, -0.2) is 52.5 Å². The Kier molecular flexibility index (Phi) is 7.22. The maximum atomic E-state index is 13.0. The number of amides is 1. The van der Waals surface area contributed by atoms with E-state index in [9.17, 15) is 9.59 Å². The Hall–Kier alpha value is -2.18.